The molecule has 0 spiro atoms. The number of aliphatic hydroxyl groups excluding tert-OH is 1. The Balaban J connectivity index is 1.67. The molecular weight excluding hydrogens is 370 g/mol. The molecule has 0 bridgehead atoms. The van der Waals surface area contributed by atoms with Gasteiger partial charge in [-0.15, -0.1) is 0 Å². The minimum Gasteiger partial charge on any atom is -0.489 e. The molecule has 1 heterocycles. The Morgan fingerprint density at radius 2 is 1.93 bits per heavy atom. The molecule has 0 saturated carbocycles. The van der Waals surface area contributed by atoms with Crippen molar-refractivity contribution in [2.75, 3.05) is 18.1 Å². The van der Waals surface area contributed by atoms with Gasteiger partial charge in [-0.25, -0.2) is 4.79 Å². The fourth-order valence-corrected chi connectivity index (χ4v) is 3.96. The molecule has 0 radical (unpaired) electrons. The molecule has 0 fully saturated rings. The molecule has 0 aliphatic carbocycles. The third kappa shape index (κ3) is 5.14. The molecule has 0 aromatic heterocycles. The van der Waals surface area contributed by atoms with Crippen LogP contribution in [0, 0.1) is 0 Å². The summed E-state index contributed by atoms with van der Waals surface area (Å²) in [5.74, 6) is 0.758. The molecule has 0 saturated heterocycles. The van der Waals surface area contributed by atoms with E-state index in [4.69, 9.17) is 9.47 Å². The van der Waals surface area contributed by atoms with Crippen LogP contribution in [0.5, 0.6) is 5.75 Å². The lowest BCUT2D eigenvalue weighted by molar-refractivity contribution is 0.153. The van der Waals surface area contributed by atoms with Gasteiger partial charge in [-0.3, -0.25) is 4.90 Å². The maximum Gasteiger partial charge on any atom is 0.414 e. The summed E-state index contributed by atoms with van der Waals surface area (Å²) < 4.78 is 11.4. The van der Waals surface area contributed by atoms with Gasteiger partial charge in [0.05, 0.1) is 24.9 Å². The zero-order chi connectivity index (χ0) is 20.1. The van der Waals surface area contributed by atoms with Crippen LogP contribution in [-0.4, -0.2) is 38.5 Å². The second-order valence-electron chi connectivity index (χ2n) is 8.40. The first-order valence-corrected chi connectivity index (χ1v) is 13.4. The number of amides is 1. The van der Waals surface area contributed by atoms with Gasteiger partial charge in [-0.2, -0.15) is 0 Å². The van der Waals surface area contributed by atoms with Crippen LogP contribution in [0.15, 0.2) is 48.5 Å². The van der Waals surface area contributed by atoms with Crippen molar-refractivity contribution in [2.24, 2.45) is 0 Å². The van der Waals surface area contributed by atoms with Crippen molar-refractivity contribution in [2.45, 2.75) is 44.8 Å². The molecule has 1 unspecified atom stereocenters. The average molecular weight is 400 g/mol. The molecule has 5 nitrogen and oxygen atoms in total. The second-order valence-corrected chi connectivity index (χ2v) is 14.0. The van der Waals surface area contributed by atoms with Crippen LogP contribution in [0.3, 0.4) is 0 Å². The summed E-state index contributed by atoms with van der Waals surface area (Å²) in [5.41, 5.74) is 2.89. The number of benzene rings is 2. The Bertz CT molecular complexity index is 804. The maximum atomic E-state index is 12.6. The van der Waals surface area contributed by atoms with Crippen LogP contribution < -0.4 is 9.64 Å². The zero-order valence-corrected chi connectivity index (χ0v) is 17.9. The van der Waals surface area contributed by atoms with E-state index in [1.807, 2.05) is 48.5 Å². The van der Waals surface area contributed by atoms with Crippen LogP contribution in [-0.2, 0) is 17.8 Å². The number of rotatable bonds is 7. The van der Waals surface area contributed by atoms with E-state index in [1.165, 1.54) is 0 Å². The molecular formula is C22H29NO4Si. The van der Waals surface area contributed by atoms with E-state index in [9.17, 15) is 9.90 Å². The van der Waals surface area contributed by atoms with Crippen LogP contribution >= 0.6 is 0 Å². The maximum absolute atomic E-state index is 12.6. The van der Waals surface area contributed by atoms with Gasteiger partial charge in [-0.1, -0.05) is 50.0 Å². The Morgan fingerprint density at radius 1 is 1.18 bits per heavy atom. The van der Waals surface area contributed by atoms with Gasteiger partial charge in [0.2, 0.25) is 0 Å². The van der Waals surface area contributed by atoms with Crippen LogP contribution in [0.2, 0.25) is 25.7 Å². The van der Waals surface area contributed by atoms with E-state index in [0.29, 0.717) is 19.6 Å². The smallest absolute Gasteiger partial charge is 0.414 e. The molecule has 1 N–H and O–H groups in total. The number of carbonyl (C=O) groups is 1. The van der Waals surface area contributed by atoms with Crippen molar-refractivity contribution >= 4 is 19.9 Å². The molecule has 28 heavy (non-hydrogen) atoms. The summed E-state index contributed by atoms with van der Waals surface area (Å²) in [4.78, 5) is 14.2. The summed E-state index contributed by atoms with van der Waals surface area (Å²) in [7, 11) is -1.27. The number of fused-ring (bicyclic) bond motifs is 1. The first-order valence-electron chi connectivity index (χ1n) is 9.74. The Morgan fingerprint density at radius 3 is 2.61 bits per heavy atom. The Labute approximate surface area is 167 Å². The fourth-order valence-electron chi connectivity index (χ4n) is 3.24. The molecule has 1 aliphatic rings. The van der Waals surface area contributed by atoms with E-state index < -0.39 is 8.07 Å². The molecule has 1 atom stereocenters. The molecule has 2 aromatic rings. The van der Waals surface area contributed by atoms with Crippen molar-refractivity contribution in [3.63, 3.8) is 0 Å². The number of carbonyl (C=O) groups excluding carboxylic acids is 1. The number of hydrogen-bond acceptors (Lipinski definition) is 4. The first kappa shape index (κ1) is 20.4. The van der Waals surface area contributed by atoms with Crippen LogP contribution in [0.25, 0.3) is 0 Å². The number of nitrogens with zero attached hydrogens (tertiary/aromatic N) is 1. The Kier molecular flexibility index (Phi) is 6.41. The van der Waals surface area contributed by atoms with E-state index in [-0.39, 0.29) is 18.7 Å². The van der Waals surface area contributed by atoms with Gasteiger partial charge in [0.1, 0.15) is 12.4 Å². The van der Waals surface area contributed by atoms with E-state index >= 15 is 0 Å². The van der Waals surface area contributed by atoms with Gasteiger partial charge in [-0.05, 0) is 41.8 Å². The molecule has 150 valence electrons. The number of hydrogen-bond donors (Lipinski definition) is 1. The topological polar surface area (TPSA) is 59.0 Å². The van der Waals surface area contributed by atoms with Crippen LogP contribution in [0.4, 0.5) is 10.5 Å². The summed E-state index contributed by atoms with van der Waals surface area (Å²) in [6.07, 6.45) is 0.214. The lowest BCUT2D eigenvalue weighted by Crippen LogP contribution is -2.40. The van der Waals surface area contributed by atoms with Gasteiger partial charge in [0.25, 0.3) is 0 Å². The van der Waals surface area contributed by atoms with Crippen molar-refractivity contribution in [1.82, 2.24) is 0 Å². The van der Waals surface area contributed by atoms with Gasteiger partial charge < -0.3 is 14.6 Å². The molecule has 3 rings (SSSR count). The molecule has 1 amide bonds. The fraction of sp³-hybridized carbons (Fsp3) is 0.409. The summed E-state index contributed by atoms with van der Waals surface area (Å²) in [6.45, 7) is 7.57. The predicted molar refractivity (Wildman–Crippen MR) is 114 cm³/mol. The van der Waals surface area contributed by atoms with Crippen molar-refractivity contribution in [1.29, 1.82) is 0 Å². The number of anilines is 1. The first-order chi connectivity index (χ1) is 13.4. The average Bonchev–Trinajstić information content (AvgIpc) is 3.04. The van der Waals surface area contributed by atoms with Gasteiger partial charge in [0, 0.05) is 8.07 Å². The quantitative estimate of drug-likeness (QED) is 0.698. The highest BCUT2D eigenvalue weighted by atomic mass is 28.3. The third-order valence-electron chi connectivity index (χ3n) is 4.86. The predicted octanol–water partition coefficient (Wildman–Crippen LogP) is 4.46. The largest absolute Gasteiger partial charge is 0.489 e. The summed E-state index contributed by atoms with van der Waals surface area (Å²) in [5, 5.41) is 9.76. The summed E-state index contributed by atoms with van der Waals surface area (Å²) in [6, 6.07) is 16.3. The van der Waals surface area contributed by atoms with Crippen molar-refractivity contribution in [3.8, 4) is 5.75 Å². The highest BCUT2D eigenvalue weighted by Gasteiger charge is 2.35. The van der Waals surface area contributed by atoms with Crippen molar-refractivity contribution < 1.29 is 19.4 Å². The normalized spacial score (nSPS) is 16.0. The standard InChI is InChI=1S/C22H29NO4Si/c1-28(2,3)12-11-26-22(25)23-19(15-24)13-18-14-20(9-10-21(18)23)27-16-17-7-5-4-6-8-17/h4-10,14,19,24H,11-13,15-16H2,1-3H3. The van der Waals surface area contributed by atoms with E-state index in [1.54, 1.807) is 4.90 Å². The molecule has 1 aliphatic heterocycles. The van der Waals surface area contributed by atoms with E-state index in [0.717, 1.165) is 28.6 Å². The Hall–Kier alpha value is -2.31. The third-order valence-corrected chi connectivity index (χ3v) is 6.57. The van der Waals surface area contributed by atoms with Crippen LogP contribution in [0.1, 0.15) is 11.1 Å². The number of ether oxygens (including phenoxy) is 2. The highest BCUT2D eigenvalue weighted by Crippen LogP contribution is 2.35. The lowest BCUT2D eigenvalue weighted by atomic mass is 10.1. The molecule has 2 aromatic carbocycles. The lowest BCUT2D eigenvalue weighted by Gasteiger charge is -2.24. The zero-order valence-electron chi connectivity index (χ0n) is 16.9. The minimum absolute atomic E-state index is 0.0992. The monoisotopic (exact) mass is 399 g/mol. The molecule has 6 heteroatoms. The van der Waals surface area contributed by atoms with E-state index in [2.05, 4.69) is 19.6 Å². The van der Waals surface area contributed by atoms with Gasteiger partial charge in [0.15, 0.2) is 0 Å². The summed E-state index contributed by atoms with van der Waals surface area (Å²) >= 11 is 0. The highest BCUT2D eigenvalue weighted by molar-refractivity contribution is 6.76. The van der Waals surface area contributed by atoms with Crippen molar-refractivity contribution in [3.05, 3.63) is 59.7 Å². The second kappa shape index (κ2) is 8.79. The SMILES string of the molecule is C[Si](C)(C)CCOC(=O)N1c2ccc(OCc3ccccc3)cc2CC1CO. The minimum atomic E-state index is -1.27. The number of aliphatic hydroxyl groups is 1. The van der Waals surface area contributed by atoms with Gasteiger partial charge >= 0.3 is 6.09 Å².